The largest absolute Gasteiger partial charge is 0.314 e. The maximum atomic E-state index is 13.5. The van der Waals surface area contributed by atoms with Gasteiger partial charge in [-0.05, 0) is 25.0 Å². The van der Waals surface area contributed by atoms with Gasteiger partial charge in [-0.15, -0.1) is 10.2 Å². The molecule has 1 aromatic heterocycles. The average molecular weight is 235 g/mol. The van der Waals surface area contributed by atoms with Crippen molar-refractivity contribution >= 4 is 0 Å². The van der Waals surface area contributed by atoms with E-state index in [0.717, 1.165) is 12.8 Å². The molecule has 0 spiro atoms. The third-order valence-electron chi connectivity index (χ3n) is 2.98. The van der Waals surface area contributed by atoms with Gasteiger partial charge in [0.15, 0.2) is 0 Å². The minimum atomic E-state index is -0.532. The quantitative estimate of drug-likeness (QED) is 0.818. The number of halogens is 2. The summed E-state index contributed by atoms with van der Waals surface area (Å²) >= 11 is 0. The Morgan fingerprint density at radius 3 is 2.59 bits per heavy atom. The van der Waals surface area contributed by atoms with E-state index in [1.807, 2.05) is 4.57 Å². The van der Waals surface area contributed by atoms with Gasteiger partial charge in [0, 0.05) is 18.0 Å². The first kappa shape index (κ1) is 10.4. The maximum absolute atomic E-state index is 13.5. The lowest BCUT2D eigenvalue weighted by Crippen LogP contribution is -2.05. The summed E-state index contributed by atoms with van der Waals surface area (Å²) in [4.78, 5) is 0. The van der Waals surface area contributed by atoms with Crippen molar-refractivity contribution in [1.29, 1.82) is 0 Å². The minimum Gasteiger partial charge on any atom is -0.314 e. The van der Waals surface area contributed by atoms with Crippen molar-refractivity contribution < 1.29 is 8.78 Å². The summed E-state index contributed by atoms with van der Waals surface area (Å²) in [5.74, 6) is -0.442. The molecular formula is C12H11F2N3. The third kappa shape index (κ3) is 1.92. The molecule has 1 heterocycles. The van der Waals surface area contributed by atoms with E-state index in [4.69, 9.17) is 0 Å². The highest BCUT2D eigenvalue weighted by molar-refractivity contribution is 5.23. The Bertz CT molecular complexity index is 526. The zero-order valence-electron chi connectivity index (χ0n) is 9.11. The van der Waals surface area contributed by atoms with Crippen LogP contribution in [0.4, 0.5) is 8.78 Å². The molecule has 1 aliphatic carbocycles. The van der Waals surface area contributed by atoms with Crippen LogP contribution in [-0.2, 0) is 6.42 Å². The zero-order valence-corrected chi connectivity index (χ0v) is 9.11. The van der Waals surface area contributed by atoms with Crippen LogP contribution in [0.3, 0.4) is 0 Å². The molecule has 0 amide bonds. The second-order valence-electron chi connectivity index (χ2n) is 4.26. The first-order chi connectivity index (χ1) is 8.25. The Balaban J connectivity index is 1.93. The van der Waals surface area contributed by atoms with Crippen LogP contribution in [0.25, 0.3) is 0 Å². The van der Waals surface area contributed by atoms with E-state index in [2.05, 4.69) is 10.2 Å². The molecule has 1 saturated carbocycles. The van der Waals surface area contributed by atoms with E-state index in [1.54, 1.807) is 6.33 Å². The summed E-state index contributed by atoms with van der Waals surface area (Å²) in [7, 11) is 0. The number of benzene rings is 1. The number of rotatable bonds is 3. The fraction of sp³-hybridized carbons (Fsp3) is 0.333. The number of hydrogen-bond acceptors (Lipinski definition) is 2. The Hall–Kier alpha value is -1.78. The van der Waals surface area contributed by atoms with Crippen molar-refractivity contribution in [1.82, 2.24) is 14.8 Å². The van der Waals surface area contributed by atoms with E-state index < -0.39 is 11.6 Å². The fourth-order valence-corrected chi connectivity index (χ4v) is 1.91. The molecule has 3 rings (SSSR count). The van der Waals surface area contributed by atoms with Crippen LogP contribution in [0.15, 0.2) is 24.5 Å². The normalized spacial score (nSPS) is 15.2. The summed E-state index contributed by atoms with van der Waals surface area (Å²) in [6, 6.07) is 4.29. The topological polar surface area (TPSA) is 30.7 Å². The Morgan fingerprint density at radius 2 is 1.94 bits per heavy atom. The first-order valence-electron chi connectivity index (χ1n) is 5.57. The van der Waals surface area contributed by atoms with Gasteiger partial charge in [-0.1, -0.05) is 6.07 Å². The van der Waals surface area contributed by atoms with Gasteiger partial charge in [-0.2, -0.15) is 0 Å². The molecule has 1 aliphatic rings. The molecule has 1 fully saturated rings. The van der Waals surface area contributed by atoms with E-state index >= 15 is 0 Å². The molecule has 0 radical (unpaired) electrons. The summed E-state index contributed by atoms with van der Waals surface area (Å²) in [6.07, 6.45) is 3.95. The molecule has 0 saturated heterocycles. The van der Waals surface area contributed by atoms with Gasteiger partial charge in [-0.25, -0.2) is 8.78 Å². The van der Waals surface area contributed by atoms with Gasteiger partial charge >= 0.3 is 0 Å². The van der Waals surface area contributed by atoms with Crippen LogP contribution in [0.1, 0.15) is 30.3 Å². The Kier molecular flexibility index (Phi) is 2.39. The van der Waals surface area contributed by atoms with Crippen molar-refractivity contribution in [3.63, 3.8) is 0 Å². The monoisotopic (exact) mass is 235 g/mol. The highest BCUT2D eigenvalue weighted by Crippen LogP contribution is 2.35. The maximum Gasteiger partial charge on any atom is 0.137 e. The van der Waals surface area contributed by atoms with Gasteiger partial charge in [-0.3, -0.25) is 0 Å². The highest BCUT2D eigenvalue weighted by Gasteiger charge is 2.26. The lowest BCUT2D eigenvalue weighted by Gasteiger charge is -2.06. The van der Waals surface area contributed by atoms with Crippen molar-refractivity contribution in [2.45, 2.75) is 25.3 Å². The standard InChI is InChI=1S/C12H11F2N3/c13-10-2-1-3-11(14)9(10)6-12-16-15-7-17(12)8-4-5-8/h1-3,7-8H,4-6H2. The molecule has 2 aromatic rings. The predicted octanol–water partition coefficient (Wildman–Crippen LogP) is 2.48. The Labute approximate surface area is 97.1 Å². The molecule has 17 heavy (non-hydrogen) atoms. The lowest BCUT2D eigenvalue weighted by atomic mass is 10.1. The van der Waals surface area contributed by atoms with Crippen LogP contribution in [0.2, 0.25) is 0 Å². The summed E-state index contributed by atoms with van der Waals surface area (Å²) in [6.45, 7) is 0. The van der Waals surface area contributed by atoms with Crippen molar-refractivity contribution in [3.8, 4) is 0 Å². The first-order valence-corrected chi connectivity index (χ1v) is 5.57. The molecular weight excluding hydrogens is 224 g/mol. The molecule has 0 aliphatic heterocycles. The zero-order chi connectivity index (χ0) is 11.8. The van der Waals surface area contributed by atoms with E-state index in [1.165, 1.54) is 18.2 Å². The number of nitrogens with zero attached hydrogens (tertiary/aromatic N) is 3. The molecule has 1 aromatic carbocycles. The van der Waals surface area contributed by atoms with E-state index in [-0.39, 0.29) is 12.0 Å². The minimum absolute atomic E-state index is 0.0578. The predicted molar refractivity (Wildman–Crippen MR) is 57.5 cm³/mol. The van der Waals surface area contributed by atoms with Gasteiger partial charge in [0.05, 0.1) is 0 Å². The third-order valence-corrected chi connectivity index (χ3v) is 2.98. The second-order valence-corrected chi connectivity index (χ2v) is 4.26. The Morgan fingerprint density at radius 1 is 1.24 bits per heavy atom. The van der Waals surface area contributed by atoms with Crippen molar-refractivity contribution in [3.05, 3.63) is 47.5 Å². The molecule has 0 N–H and O–H groups in total. The van der Waals surface area contributed by atoms with E-state index in [9.17, 15) is 8.78 Å². The van der Waals surface area contributed by atoms with Crippen molar-refractivity contribution in [2.75, 3.05) is 0 Å². The smallest absolute Gasteiger partial charge is 0.137 e. The number of hydrogen-bond donors (Lipinski definition) is 0. The average Bonchev–Trinajstić information content (AvgIpc) is 3.04. The van der Waals surface area contributed by atoms with Gasteiger partial charge in [0.1, 0.15) is 23.8 Å². The molecule has 0 bridgehead atoms. The summed E-state index contributed by atoms with van der Waals surface area (Å²) in [5.41, 5.74) is 0.0578. The molecule has 0 atom stereocenters. The fourth-order valence-electron chi connectivity index (χ4n) is 1.91. The second kappa shape index (κ2) is 3.91. The van der Waals surface area contributed by atoms with E-state index in [0.29, 0.717) is 11.9 Å². The summed E-state index contributed by atoms with van der Waals surface area (Å²) in [5, 5.41) is 7.74. The molecule has 5 heteroatoms. The van der Waals surface area contributed by atoms with Crippen molar-refractivity contribution in [2.24, 2.45) is 0 Å². The van der Waals surface area contributed by atoms with Crippen LogP contribution in [0.5, 0.6) is 0 Å². The van der Waals surface area contributed by atoms with Crippen LogP contribution < -0.4 is 0 Å². The van der Waals surface area contributed by atoms with Crippen LogP contribution in [-0.4, -0.2) is 14.8 Å². The SMILES string of the molecule is Fc1cccc(F)c1Cc1nncn1C1CC1. The van der Waals surface area contributed by atoms with Crippen LogP contribution >= 0.6 is 0 Å². The van der Waals surface area contributed by atoms with Gasteiger partial charge < -0.3 is 4.57 Å². The highest BCUT2D eigenvalue weighted by atomic mass is 19.1. The lowest BCUT2D eigenvalue weighted by molar-refractivity contribution is 0.554. The molecule has 3 nitrogen and oxygen atoms in total. The molecule has 88 valence electrons. The van der Waals surface area contributed by atoms with Gasteiger partial charge in [0.2, 0.25) is 0 Å². The number of aromatic nitrogens is 3. The van der Waals surface area contributed by atoms with Crippen LogP contribution in [0, 0.1) is 11.6 Å². The summed E-state index contributed by atoms with van der Waals surface area (Å²) < 4.78 is 28.9. The van der Waals surface area contributed by atoms with Gasteiger partial charge in [0.25, 0.3) is 0 Å². The molecule has 0 unspecified atom stereocenters.